The summed E-state index contributed by atoms with van der Waals surface area (Å²) in [5.74, 6) is -0.977. The third kappa shape index (κ3) is 3.63. The van der Waals surface area contributed by atoms with E-state index in [1.165, 1.54) is 19.2 Å². The average Bonchev–Trinajstić information content (AvgIpc) is 3.20. The van der Waals surface area contributed by atoms with E-state index in [1.807, 2.05) is 0 Å². The topological polar surface area (TPSA) is 55.4 Å². The SMILES string of the molecule is COC(=O)C1=C(C2CCCC2)NC2=C(C(=O)CC(C)(C)C2)C1c1ccc(F)cc1. The molecule has 2 aliphatic carbocycles. The van der Waals surface area contributed by atoms with Crippen molar-refractivity contribution in [1.82, 2.24) is 5.32 Å². The van der Waals surface area contributed by atoms with E-state index in [1.54, 1.807) is 12.1 Å². The molecule has 5 heteroatoms. The summed E-state index contributed by atoms with van der Waals surface area (Å²) in [5, 5.41) is 3.52. The molecule has 29 heavy (non-hydrogen) atoms. The van der Waals surface area contributed by atoms with Crippen molar-refractivity contribution in [1.29, 1.82) is 0 Å². The molecule has 4 rings (SSSR count). The van der Waals surface area contributed by atoms with Crippen molar-refractivity contribution in [3.05, 3.63) is 58.2 Å². The van der Waals surface area contributed by atoms with Crippen molar-refractivity contribution < 1.29 is 18.7 Å². The first-order chi connectivity index (χ1) is 13.8. The van der Waals surface area contributed by atoms with E-state index in [2.05, 4.69) is 19.2 Å². The fraction of sp³-hybridized carbons (Fsp3) is 0.500. The van der Waals surface area contributed by atoms with Crippen LogP contribution in [0.15, 0.2) is 46.8 Å². The molecule has 1 atom stereocenters. The van der Waals surface area contributed by atoms with Gasteiger partial charge in [0.25, 0.3) is 0 Å². The summed E-state index contributed by atoms with van der Waals surface area (Å²) in [6.07, 6.45) is 5.45. The summed E-state index contributed by atoms with van der Waals surface area (Å²) >= 11 is 0. The van der Waals surface area contributed by atoms with Crippen LogP contribution in [0.4, 0.5) is 4.39 Å². The number of carbonyl (C=O) groups is 2. The molecule has 1 N–H and O–H groups in total. The molecule has 1 fully saturated rings. The lowest BCUT2D eigenvalue weighted by Gasteiger charge is -2.41. The molecule has 4 nitrogen and oxygen atoms in total. The van der Waals surface area contributed by atoms with Crippen molar-refractivity contribution in [2.45, 2.75) is 58.3 Å². The quantitative estimate of drug-likeness (QED) is 0.747. The number of Topliss-reactive ketones (excluding diaryl/α,β-unsaturated/α-hetero) is 1. The van der Waals surface area contributed by atoms with Crippen LogP contribution in [0.1, 0.15) is 63.9 Å². The lowest BCUT2D eigenvalue weighted by Crippen LogP contribution is -2.40. The molecular formula is C24H28FNO3. The van der Waals surface area contributed by atoms with Crippen LogP contribution in [-0.2, 0) is 14.3 Å². The maximum absolute atomic E-state index is 13.6. The van der Waals surface area contributed by atoms with E-state index in [0.717, 1.165) is 49.1 Å². The maximum Gasteiger partial charge on any atom is 0.336 e. The molecule has 1 saturated carbocycles. The van der Waals surface area contributed by atoms with Crippen LogP contribution in [0.5, 0.6) is 0 Å². The van der Waals surface area contributed by atoms with Crippen LogP contribution in [0.25, 0.3) is 0 Å². The van der Waals surface area contributed by atoms with Gasteiger partial charge in [0.15, 0.2) is 5.78 Å². The summed E-state index contributed by atoms with van der Waals surface area (Å²) in [6, 6.07) is 6.13. The second kappa shape index (κ2) is 7.43. The highest BCUT2D eigenvalue weighted by Gasteiger charge is 2.45. The first-order valence-corrected chi connectivity index (χ1v) is 10.4. The Morgan fingerprint density at radius 2 is 1.79 bits per heavy atom. The molecule has 1 aliphatic heterocycles. The monoisotopic (exact) mass is 397 g/mol. The zero-order valence-corrected chi connectivity index (χ0v) is 17.3. The summed E-state index contributed by atoms with van der Waals surface area (Å²) in [6.45, 7) is 4.19. The van der Waals surface area contributed by atoms with Gasteiger partial charge in [-0.15, -0.1) is 0 Å². The number of hydrogen-bond donors (Lipinski definition) is 1. The number of nitrogens with one attached hydrogen (secondary N) is 1. The molecule has 0 saturated heterocycles. The highest BCUT2D eigenvalue weighted by Crippen LogP contribution is 2.49. The zero-order chi connectivity index (χ0) is 20.8. The van der Waals surface area contributed by atoms with Gasteiger partial charge in [-0.1, -0.05) is 38.8 Å². The van der Waals surface area contributed by atoms with Crippen LogP contribution in [0, 0.1) is 17.2 Å². The van der Waals surface area contributed by atoms with Crippen molar-refractivity contribution in [3.8, 4) is 0 Å². The highest BCUT2D eigenvalue weighted by molar-refractivity contribution is 6.04. The molecule has 154 valence electrons. The molecule has 1 aromatic carbocycles. The van der Waals surface area contributed by atoms with E-state index < -0.39 is 11.9 Å². The van der Waals surface area contributed by atoms with Gasteiger partial charge in [0.1, 0.15) is 5.82 Å². The largest absolute Gasteiger partial charge is 0.466 e. The Morgan fingerprint density at radius 3 is 2.41 bits per heavy atom. The number of methoxy groups -OCH3 is 1. The Hall–Kier alpha value is -2.43. The lowest BCUT2D eigenvalue weighted by molar-refractivity contribution is -0.136. The normalized spacial score (nSPS) is 24.4. The summed E-state index contributed by atoms with van der Waals surface area (Å²) in [7, 11) is 1.37. The number of carbonyl (C=O) groups excluding carboxylic acids is 2. The van der Waals surface area contributed by atoms with Crippen LogP contribution in [0.3, 0.4) is 0 Å². The van der Waals surface area contributed by atoms with Gasteiger partial charge in [0.2, 0.25) is 0 Å². The van der Waals surface area contributed by atoms with Gasteiger partial charge < -0.3 is 10.1 Å². The first-order valence-electron chi connectivity index (χ1n) is 10.4. The fourth-order valence-electron chi connectivity index (χ4n) is 5.17. The van der Waals surface area contributed by atoms with Gasteiger partial charge in [-0.2, -0.15) is 0 Å². The van der Waals surface area contributed by atoms with Gasteiger partial charge in [-0.05, 0) is 48.3 Å². The molecule has 3 aliphatic rings. The minimum atomic E-state index is -0.515. The van der Waals surface area contributed by atoms with Crippen LogP contribution >= 0.6 is 0 Å². The minimum Gasteiger partial charge on any atom is -0.466 e. The second-order valence-corrected chi connectivity index (χ2v) is 9.24. The van der Waals surface area contributed by atoms with Crippen LogP contribution in [0.2, 0.25) is 0 Å². The van der Waals surface area contributed by atoms with E-state index in [9.17, 15) is 14.0 Å². The third-order valence-corrected chi connectivity index (χ3v) is 6.45. The van der Waals surface area contributed by atoms with Gasteiger partial charge >= 0.3 is 5.97 Å². The lowest BCUT2D eigenvalue weighted by atomic mass is 9.68. The van der Waals surface area contributed by atoms with E-state index in [-0.39, 0.29) is 22.9 Å². The van der Waals surface area contributed by atoms with Gasteiger partial charge in [0, 0.05) is 29.3 Å². The predicted octanol–water partition coefficient (Wildman–Crippen LogP) is 4.77. The molecule has 1 aromatic rings. The number of hydrogen-bond acceptors (Lipinski definition) is 4. The van der Waals surface area contributed by atoms with Gasteiger partial charge in [-0.3, -0.25) is 4.79 Å². The van der Waals surface area contributed by atoms with Gasteiger partial charge in [0.05, 0.1) is 12.7 Å². The van der Waals surface area contributed by atoms with Crippen molar-refractivity contribution in [2.24, 2.45) is 11.3 Å². The predicted molar refractivity (Wildman–Crippen MR) is 108 cm³/mol. The summed E-state index contributed by atoms with van der Waals surface area (Å²) in [5.41, 5.74) is 3.57. The van der Waals surface area contributed by atoms with Crippen molar-refractivity contribution in [3.63, 3.8) is 0 Å². The Balaban J connectivity index is 1.92. The number of ketones is 1. The molecular weight excluding hydrogens is 369 g/mol. The highest BCUT2D eigenvalue weighted by atomic mass is 19.1. The van der Waals surface area contributed by atoms with E-state index in [0.29, 0.717) is 17.6 Å². The number of ether oxygens (including phenoxy) is 1. The number of allylic oxidation sites excluding steroid dienone is 3. The summed E-state index contributed by atoms with van der Waals surface area (Å²) in [4.78, 5) is 26.2. The second-order valence-electron chi connectivity index (χ2n) is 9.24. The van der Waals surface area contributed by atoms with Crippen molar-refractivity contribution in [2.75, 3.05) is 7.11 Å². The molecule has 0 amide bonds. The maximum atomic E-state index is 13.6. The molecule has 0 radical (unpaired) electrons. The summed E-state index contributed by atoms with van der Waals surface area (Å²) < 4.78 is 18.8. The Kier molecular flexibility index (Phi) is 5.09. The Labute approximate surface area is 171 Å². The number of esters is 1. The zero-order valence-electron chi connectivity index (χ0n) is 17.3. The van der Waals surface area contributed by atoms with E-state index >= 15 is 0 Å². The van der Waals surface area contributed by atoms with Crippen LogP contribution in [-0.4, -0.2) is 18.9 Å². The number of rotatable bonds is 3. The fourth-order valence-corrected chi connectivity index (χ4v) is 5.17. The molecule has 1 unspecified atom stereocenters. The minimum absolute atomic E-state index is 0.0463. The Morgan fingerprint density at radius 1 is 1.14 bits per heavy atom. The van der Waals surface area contributed by atoms with Gasteiger partial charge in [-0.25, -0.2) is 9.18 Å². The first kappa shape index (κ1) is 19.9. The molecule has 1 heterocycles. The Bertz CT molecular complexity index is 905. The third-order valence-electron chi connectivity index (χ3n) is 6.45. The molecule has 0 aromatic heterocycles. The number of benzene rings is 1. The smallest absolute Gasteiger partial charge is 0.336 e. The van der Waals surface area contributed by atoms with Crippen molar-refractivity contribution >= 4 is 11.8 Å². The average molecular weight is 397 g/mol. The number of halogens is 1. The molecule has 0 bridgehead atoms. The number of dihydropyridines is 1. The van der Waals surface area contributed by atoms with Crippen LogP contribution < -0.4 is 5.32 Å². The van der Waals surface area contributed by atoms with E-state index in [4.69, 9.17) is 4.74 Å². The molecule has 0 spiro atoms. The standard InChI is InChI=1S/C24H28FNO3/c1-24(2)12-17-20(18(27)13-24)19(14-8-10-16(25)11-9-14)21(23(28)29-3)22(26-17)15-6-4-5-7-15/h8-11,15,19,26H,4-7,12-13H2,1-3H3.